The summed E-state index contributed by atoms with van der Waals surface area (Å²) in [4.78, 5) is 17.8. The van der Waals surface area contributed by atoms with Crippen molar-refractivity contribution >= 4 is 34.8 Å². The summed E-state index contributed by atoms with van der Waals surface area (Å²) in [6.45, 7) is 2.70. The van der Waals surface area contributed by atoms with E-state index in [2.05, 4.69) is 15.1 Å². The standard InChI is InChI=1S/C35H34Cl2FN3O2/c36-29-12-6-14-31(33(29)37)40-17-19-41(20-18-40)34(24-7-5-8-25(21-24)35(43)39-26-9-1-2-10-26)28-22-23(15-16-32(28)42)27-11-3-4-13-30(27)38/h3-8,11-16,21-22,26,34,42H,1-2,9-10,17-20H2,(H,39,43). The van der Waals surface area contributed by atoms with Gasteiger partial charge in [0.25, 0.3) is 5.91 Å². The van der Waals surface area contributed by atoms with Crippen molar-refractivity contribution in [2.45, 2.75) is 37.8 Å². The molecule has 1 aliphatic heterocycles. The van der Waals surface area contributed by atoms with Crippen molar-refractivity contribution in [1.29, 1.82) is 0 Å². The van der Waals surface area contributed by atoms with E-state index in [1.807, 2.05) is 42.5 Å². The van der Waals surface area contributed by atoms with Crippen LogP contribution in [0.2, 0.25) is 10.0 Å². The predicted molar refractivity (Wildman–Crippen MR) is 172 cm³/mol. The third kappa shape index (κ3) is 6.37. The normalized spacial score (nSPS) is 16.8. The molecule has 43 heavy (non-hydrogen) atoms. The van der Waals surface area contributed by atoms with Crippen LogP contribution in [0.4, 0.5) is 10.1 Å². The molecule has 1 heterocycles. The highest BCUT2D eigenvalue weighted by atomic mass is 35.5. The lowest BCUT2D eigenvalue weighted by Gasteiger charge is -2.41. The summed E-state index contributed by atoms with van der Waals surface area (Å²) in [5.74, 6) is -0.295. The quantitative estimate of drug-likeness (QED) is 0.220. The number of rotatable bonds is 7. The topological polar surface area (TPSA) is 55.8 Å². The molecule has 6 rings (SSSR count). The maximum absolute atomic E-state index is 14.8. The smallest absolute Gasteiger partial charge is 0.251 e. The minimum atomic E-state index is -0.372. The number of piperazine rings is 1. The molecule has 0 spiro atoms. The summed E-state index contributed by atoms with van der Waals surface area (Å²) in [6, 6.07) is 25.0. The Morgan fingerprint density at radius 1 is 0.884 bits per heavy atom. The number of carbonyl (C=O) groups excluding carboxylic acids is 1. The van der Waals surface area contributed by atoms with Crippen molar-refractivity contribution in [1.82, 2.24) is 10.2 Å². The number of carbonyl (C=O) groups is 1. The van der Waals surface area contributed by atoms with Crippen LogP contribution in [0, 0.1) is 5.82 Å². The Morgan fingerprint density at radius 3 is 2.40 bits per heavy atom. The van der Waals surface area contributed by atoms with Crippen LogP contribution < -0.4 is 10.2 Å². The second-order valence-electron chi connectivity index (χ2n) is 11.3. The first kappa shape index (κ1) is 29.5. The molecule has 222 valence electrons. The van der Waals surface area contributed by atoms with Crippen LogP contribution in [0.25, 0.3) is 11.1 Å². The fourth-order valence-corrected chi connectivity index (χ4v) is 6.79. The van der Waals surface area contributed by atoms with Gasteiger partial charge in [0, 0.05) is 48.9 Å². The van der Waals surface area contributed by atoms with Gasteiger partial charge in [-0.05, 0) is 66.4 Å². The van der Waals surface area contributed by atoms with Gasteiger partial charge in [0.15, 0.2) is 0 Å². The maximum Gasteiger partial charge on any atom is 0.251 e. The van der Waals surface area contributed by atoms with Gasteiger partial charge < -0.3 is 15.3 Å². The molecule has 1 unspecified atom stereocenters. The van der Waals surface area contributed by atoms with Crippen LogP contribution >= 0.6 is 23.2 Å². The molecule has 5 nitrogen and oxygen atoms in total. The van der Waals surface area contributed by atoms with Crippen molar-refractivity contribution in [3.05, 3.63) is 117 Å². The Bertz CT molecular complexity index is 1620. The second-order valence-corrected chi connectivity index (χ2v) is 12.1. The van der Waals surface area contributed by atoms with Gasteiger partial charge in [-0.1, -0.05) is 78.5 Å². The summed E-state index contributed by atoms with van der Waals surface area (Å²) in [5.41, 5.74) is 4.16. The van der Waals surface area contributed by atoms with Crippen molar-refractivity contribution in [3.63, 3.8) is 0 Å². The second kappa shape index (κ2) is 13.0. The summed E-state index contributed by atoms with van der Waals surface area (Å²) >= 11 is 12.8. The number of nitrogens with zero attached hydrogens (tertiary/aromatic N) is 2. The molecule has 1 saturated carbocycles. The molecule has 4 aromatic carbocycles. The Hall–Kier alpha value is -3.58. The lowest BCUT2D eigenvalue weighted by atomic mass is 9.91. The van der Waals surface area contributed by atoms with Crippen molar-refractivity contribution in [3.8, 4) is 16.9 Å². The highest BCUT2D eigenvalue weighted by Crippen LogP contribution is 2.39. The summed E-state index contributed by atoms with van der Waals surface area (Å²) in [5, 5.41) is 15.5. The van der Waals surface area contributed by atoms with E-state index in [0.29, 0.717) is 58.5 Å². The van der Waals surface area contributed by atoms with E-state index in [0.717, 1.165) is 36.9 Å². The number of nitrogens with one attached hydrogen (secondary N) is 1. The average Bonchev–Trinajstić information content (AvgIpc) is 3.54. The Balaban J connectivity index is 1.36. The van der Waals surface area contributed by atoms with Crippen LogP contribution in [0.5, 0.6) is 5.75 Å². The molecular formula is C35H34Cl2FN3O2. The monoisotopic (exact) mass is 617 g/mol. The number of hydrogen-bond donors (Lipinski definition) is 2. The molecule has 0 radical (unpaired) electrons. The Kier molecular flexibility index (Phi) is 8.89. The lowest BCUT2D eigenvalue weighted by Crippen LogP contribution is -2.48. The van der Waals surface area contributed by atoms with Gasteiger partial charge in [-0.15, -0.1) is 0 Å². The molecule has 0 bridgehead atoms. The zero-order chi connectivity index (χ0) is 29.9. The largest absolute Gasteiger partial charge is 0.508 e. The molecule has 0 aromatic heterocycles. The molecule has 4 aromatic rings. The van der Waals surface area contributed by atoms with Gasteiger partial charge >= 0.3 is 0 Å². The predicted octanol–water partition coefficient (Wildman–Crippen LogP) is 8.09. The van der Waals surface area contributed by atoms with E-state index in [4.69, 9.17) is 23.2 Å². The van der Waals surface area contributed by atoms with Gasteiger partial charge in [0.2, 0.25) is 0 Å². The highest BCUT2D eigenvalue weighted by molar-refractivity contribution is 6.43. The SMILES string of the molecule is O=C(NC1CCCC1)c1cccc(C(c2cc(-c3ccccc3F)ccc2O)N2CCN(c3cccc(Cl)c3Cl)CC2)c1. The first-order valence-electron chi connectivity index (χ1n) is 14.8. The molecule has 1 saturated heterocycles. The van der Waals surface area contributed by atoms with Gasteiger partial charge in [0.1, 0.15) is 11.6 Å². The summed E-state index contributed by atoms with van der Waals surface area (Å²) < 4.78 is 14.8. The van der Waals surface area contributed by atoms with E-state index in [9.17, 15) is 14.3 Å². The molecule has 2 N–H and O–H groups in total. The Labute approximate surface area is 261 Å². The third-order valence-corrected chi connectivity index (χ3v) is 9.42. The number of anilines is 1. The van der Waals surface area contributed by atoms with Crippen LogP contribution in [-0.4, -0.2) is 48.1 Å². The number of hydrogen-bond acceptors (Lipinski definition) is 4. The van der Waals surface area contributed by atoms with Crippen LogP contribution in [0.3, 0.4) is 0 Å². The highest BCUT2D eigenvalue weighted by Gasteiger charge is 2.30. The number of amides is 1. The number of aromatic hydroxyl groups is 1. The van der Waals surface area contributed by atoms with Gasteiger partial charge in [-0.25, -0.2) is 4.39 Å². The molecule has 8 heteroatoms. The van der Waals surface area contributed by atoms with E-state index >= 15 is 0 Å². The van der Waals surface area contributed by atoms with Gasteiger partial charge in [-0.2, -0.15) is 0 Å². The van der Waals surface area contributed by atoms with Crippen molar-refractivity contribution < 1.29 is 14.3 Å². The maximum atomic E-state index is 14.8. The van der Waals surface area contributed by atoms with Gasteiger partial charge in [-0.3, -0.25) is 9.69 Å². The van der Waals surface area contributed by atoms with E-state index in [1.165, 1.54) is 6.07 Å². The molecule has 1 amide bonds. The first-order valence-corrected chi connectivity index (χ1v) is 15.6. The van der Waals surface area contributed by atoms with Crippen LogP contribution in [0.1, 0.15) is 53.2 Å². The minimum absolute atomic E-state index is 0.0859. The number of phenolic OH excluding ortho intramolecular Hbond substituents is 1. The van der Waals surface area contributed by atoms with Crippen LogP contribution in [0.15, 0.2) is 84.9 Å². The summed E-state index contributed by atoms with van der Waals surface area (Å²) in [7, 11) is 0. The lowest BCUT2D eigenvalue weighted by molar-refractivity contribution is 0.0937. The molecule has 2 aliphatic rings. The van der Waals surface area contributed by atoms with E-state index in [-0.39, 0.29) is 29.6 Å². The van der Waals surface area contributed by atoms with E-state index in [1.54, 1.807) is 36.4 Å². The van der Waals surface area contributed by atoms with Crippen molar-refractivity contribution in [2.75, 3.05) is 31.1 Å². The van der Waals surface area contributed by atoms with E-state index < -0.39 is 0 Å². The fraction of sp³-hybridized carbons (Fsp3) is 0.286. The molecule has 2 fully saturated rings. The van der Waals surface area contributed by atoms with Crippen LogP contribution in [-0.2, 0) is 0 Å². The fourth-order valence-electron chi connectivity index (χ4n) is 6.37. The zero-order valence-electron chi connectivity index (χ0n) is 23.8. The third-order valence-electron chi connectivity index (χ3n) is 8.61. The van der Waals surface area contributed by atoms with Gasteiger partial charge in [0.05, 0.1) is 21.8 Å². The Morgan fingerprint density at radius 2 is 1.63 bits per heavy atom. The molecule has 1 aliphatic carbocycles. The number of phenols is 1. The average molecular weight is 619 g/mol. The number of halogens is 3. The van der Waals surface area contributed by atoms with Crippen molar-refractivity contribution in [2.24, 2.45) is 0 Å². The zero-order valence-corrected chi connectivity index (χ0v) is 25.3. The summed E-state index contributed by atoms with van der Waals surface area (Å²) in [6.07, 6.45) is 4.28. The minimum Gasteiger partial charge on any atom is -0.508 e. The molecule has 1 atom stereocenters. The number of benzene rings is 4. The first-order chi connectivity index (χ1) is 20.9. The molecular weight excluding hydrogens is 584 g/mol.